The molecule has 0 saturated carbocycles. The first-order chi connectivity index (χ1) is 11.4. The summed E-state index contributed by atoms with van der Waals surface area (Å²) < 4.78 is 0. The molecule has 0 bridgehead atoms. The van der Waals surface area contributed by atoms with E-state index in [1.54, 1.807) is 0 Å². The predicted molar refractivity (Wildman–Crippen MR) is 95.1 cm³/mol. The Bertz CT molecular complexity index is 744. The van der Waals surface area contributed by atoms with E-state index < -0.39 is 0 Å². The van der Waals surface area contributed by atoms with Gasteiger partial charge in [-0.2, -0.15) is 0 Å². The number of benzene rings is 3. The lowest BCUT2D eigenvalue weighted by Gasteiger charge is -2.28. The van der Waals surface area contributed by atoms with Crippen LogP contribution in [0, 0.1) is 0 Å². The fourth-order valence-corrected chi connectivity index (χ4v) is 3.46. The van der Waals surface area contributed by atoms with Crippen LogP contribution in [0.4, 0.5) is 0 Å². The summed E-state index contributed by atoms with van der Waals surface area (Å²) in [5.74, 6) is 0. The summed E-state index contributed by atoms with van der Waals surface area (Å²) in [4.78, 5) is 2.55. The van der Waals surface area contributed by atoms with Crippen molar-refractivity contribution in [2.24, 2.45) is 0 Å². The average Bonchev–Trinajstić information content (AvgIpc) is 2.57. The first-order valence-corrected chi connectivity index (χ1v) is 8.28. The lowest BCUT2D eigenvalue weighted by molar-refractivity contribution is 0.244. The van der Waals surface area contributed by atoms with Gasteiger partial charge in [-0.05, 0) is 34.2 Å². The van der Waals surface area contributed by atoms with Gasteiger partial charge in [-0.1, -0.05) is 78.9 Å². The normalized spacial score (nSPS) is 14.4. The van der Waals surface area contributed by atoms with Crippen molar-refractivity contribution in [2.45, 2.75) is 26.1 Å². The third-order valence-electron chi connectivity index (χ3n) is 4.65. The molecule has 1 aliphatic rings. The van der Waals surface area contributed by atoms with Gasteiger partial charge in [-0.15, -0.1) is 0 Å². The summed E-state index contributed by atoms with van der Waals surface area (Å²) in [5, 5.41) is 0. The molecule has 0 aliphatic carbocycles. The quantitative estimate of drug-likeness (QED) is 0.657. The van der Waals surface area contributed by atoms with Crippen molar-refractivity contribution in [3.8, 4) is 0 Å². The van der Waals surface area contributed by atoms with E-state index in [0.717, 1.165) is 26.1 Å². The molecule has 4 rings (SSSR count). The maximum atomic E-state index is 2.55. The van der Waals surface area contributed by atoms with E-state index in [1.807, 2.05) is 0 Å². The molecule has 1 aliphatic heterocycles. The Balaban J connectivity index is 1.71. The van der Waals surface area contributed by atoms with Crippen LogP contribution in [-0.2, 0) is 26.1 Å². The van der Waals surface area contributed by atoms with Crippen molar-refractivity contribution in [3.05, 3.63) is 107 Å². The highest BCUT2D eigenvalue weighted by molar-refractivity contribution is 5.38. The molecule has 0 radical (unpaired) electrons. The Kier molecular flexibility index (Phi) is 3.95. The molecule has 0 saturated heterocycles. The van der Waals surface area contributed by atoms with Crippen LogP contribution >= 0.6 is 0 Å². The number of nitrogens with zero attached hydrogens (tertiary/aromatic N) is 1. The summed E-state index contributed by atoms with van der Waals surface area (Å²) in [6.45, 7) is 3.02. The molecule has 1 nitrogen and oxygen atoms in total. The van der Waals surface area contributed by atoms with Crippen molar-refractivity contribution in [1.82, 2.24) is 4.90 Å². The van der Waals surface area contributed by atoms with Crippen LogP contribution < -0.4 is 0 Å². The molecule has 0 unspecified atom stereocenters. The minimum absolute atomic E-state index is 0.990. The fraction of sp³-hybridized carbons (Fsp3) is 0.182. The molecule has 1 heterocycles. The van der Waals surface area contributed by atoms with Gasteiger partial charge in [-0.25, -0.2) is 0 Å². The average molecular weight is 299 g/mol. The van der Waals surface area contributed by atoms with E-state index in [1.165, 1.54) is 27.8 Å². The zero-order valence-corrected chi connectivity index (χ0v) is 13.3. The van der Waals surface area contributed by atoms with Gasteiger partial charge in [0.2, 0.25) is 0 Å². The third-order valence-corrected chi connectivity index (χ3v) is 4.65. The fourth-order valence-electron chi connectivity index (χ4n) is 3.46. The number of hydrogen-bond donors (Lipinski definition) is 0. The molecular formula is C22H21N. The highest BCUT2D eigenvalue weighted by Crippen LogP contribution is 2.25. The predicted octanol–water partition coefficient (Wildman–Crippen LogP) is 4.79. The van der Waals surface area contributed by atoms with Crippen molar-refractivity contribution in [2.75, 3.05) is 0 Å². The van der Waals surface area contributed by atoms with Crippen molar-refractivity contribution >= 4 is 0 Å². The standard InChI is InChI=1S/C22H21N/c1-2-8-18(9-3-1)15-23-16-21-12-6-4-10-19(21)14-20-11-5-7-13-22(20)17-23/h1-13H,14-17H2. The topological polar surface area (TPSA) is 3.24 Å². The van der Waals surface area contributed by atoms with Crippen LogP contribution in [0.2, 0.25) is 0 Å². The zero-order chi connectivity index (χ0) is 15.5. The molecule has 0 N–H and O–H groups in total. The van der Waals surface area contributed by atoms with Gasteiger partial charge in [0.05, 0.1) is 0 Å². The van der Waals surface area contributed by atoms with Crippen LogP contribution in [0.3, 0.4) is 0 Å². The van der Waals surface area contributed by atoms with Crippen LogP contribution in [0.25, 0.3) is 0 Å². The van der Waals surface area contributed by atoms with Crippen LogP contribution in [0.5, 0.6) is 0 Å². The lowest BCUT2D eigenvalue weighted by Crippen LogP contribution is -2.25. The summed E-state index contributed by atoms with van der Waals surface area (Å²) in [5.41, 5.74) is 7.20. The molecule has 0 fully saturated rings. The second kappa shape index (κ2) is 6.39. The lowest BCUT2D eigenvalue weighted by atomic mass is 9.93. The van der Waals surface area contributed by atoms with Gasteiger partial charge in [-0.3, -0.25) is 4.90 Å². The summed E-state index contributed by atoms with van der Waals surface area (Å²) in [7, 11) is 0. The molecule has 3 aromatic rings. The molecule has 0 spiro atoms. The second-order valence-electron chi connectivity index (χ2n) is 6.34. The molecule has 0 amide bonds. The van der Waals surface area contributed by atoms with Gasteiger partial charge in [0.25, 0.3) is 0 Å². The van der Waals surface area contributed by atoms with Crippen molar-refractivity contribution in [1.29, 1.82) is 0 Å². The van der Waals surface area contributed by atoms with Gasteiger partial charge in [0.15, 0.2) is 0 Å². The maximum absolute atomic E-state index is 2.55. The first kappa shape index (κ1) is 14.2. The zero-order valence-electron chi connectivity index (χ0n) is 13.3. The molecule has 23 heavy (non-hydrogen) atoms. The minimum atomic E-state index is 0.990. The third kappa shape index (κ3) is 3.20. The highest BCUT2D eigenvalue weighted by atomic mass is 15.1. The molecule has 0 atom stereocenters. The minimum Gasteiger partial charge on any atom is -0.291 e. The molecule has 1 heteroatoms. The Hall–Kier alpha value is -2.38. The summed E-state index contributed by atoms with van der Waals surface area (Å²) in [6, 6.07) is 28.5. The Labute approximate surface area is 138 Å². The van der Waals surface area contributed by atoms with Crippen LogP contribution in [0.15, 0.2) is 78.9 Å². The molecular weight excluding hydrogens is 278 g/mol. The largest absolute Gasteiger partial charge is 0.291 e. The SMILES string of the molecule is c1ccc(CN2Cc3ccccc3Cc3ccccc3C2)cc1. The Morgan fingerprint density at radius 2 is 1.04 bits per heavy atom. The summed E-state index contributed by atoms with van der Waals surface area (Å²) in [6.07, 6.45) is 1.05. The maximum Gasteiger partial charge on any atom is 0.0243 e. The van der Waals surface area contributed by atoms with Gasteiger partial charge in [0, 0.05) is 19.6 Å². The summed E-state index contributed by atoms with van der Waals surface area (Å²) >= 11 is 0. The van der Waals surface area contributed by atoms with Gasteiger partial charge < -0.3 is 0 Å². The van der Waals surface area contributed by atoms with Gasteiger partial charge in [0.1, 0.15) is 0 Å². The van der Waals surface area contributed by atoms with E-state index in [0.29, 0.717) is 0 Å². The monoisotopic (exact) mass is 299 g/mol. The van der Waals surface area contributed by atoms with Crippen molar-refractivity contribution in [3.63, 3.8) is 0 Å². The van der Waals surface area contributed by atoms with E-state index in [4.69, 9.17) is 0 Å². The smallest absolute Gasteiger partial charge is 0.0243 e. The highest BCUT2D eigenvalue weighted by Gasteiger charge is 2.16. The molecule has 3 aromatic carbocycles. The van der Waals surface area contributed by atoms with Crippen LogP contribution in [-0.4, -0.2) is 4.90 Å². The van der Waals surface area contributed by atoms with E-state index in [-0.39, 0.29) is 0 Å². The molecule has 0 aromatic heterocycles. The number of hydrogen-bond acceptors (Lipinski definition) is 1. The van der Waals surface area contributed by atoms with E-state index in [9.17, 15) is 0 Å². The Morgan fingerprint density at radius 3 is 1.61 bits per heavy atom. The number of fused-ring (bicyclic) bond motifs is 2. The van der Waals surface area contributed by atoms with Crippen molar-refractivity contribution < 1.29 is 0 Å². The van der Waals surface area contributed by atoms with E-state index >= 15 is 0 Å². The van der Waals surface area contributed by atoms with Gasteiger partial charge >= 0.3 is 0 Å². The number of rotatable bonds is 2. The Morgan fingerprint density at radius 1 is 0.565 bits per heavy atom. The second-order valence-corrected chi connectivity index (χ2v) is 6.34. The van der Waals surface area contributed by atoms with Crippen LogP contribution in [0.1, 0.15) is 27.8 Å². The molecule has 114 valence electrons. The first-order valence-electron chi connectivity index (χ1n) is 8.28. The van der Waals surface area contributed by atoms with E-state index in [2.05, 4.69) is 83.8 Å².